The molecular weight excluding hydrogens is 232 g/mol. The van der Waals surface area contributed by atoms with E-state index in [-0.39, 0.29) is 5.97 Å². The van der Waals surface area contributed by atoms with E-state index in [4.69, 9.17) is 9.47 Å². The number of esters is 1. The Hall–Kier alpha value is -1.78. The van der Waals surface area contributed by atoms with E-state index in [9.17, 15) is 4.79 Å². The molecule has 5 nitrogen and oxygen atoms in total. The van der Waals surface area contributed by atoms with Crippen molar-refractivity contribution in [2.24, 2.45) is 0 Å². The first-order valence-corrected chi connectivity index (χ1v) is 6.20. The molecule has 0 spiro atoms. The van der Waals surface area contributed by atoms with Crippen LogP contribution in [0.3, 0.4) is 0 Å². The summed E-state index contributed by atoms with van der Waals surface area (Å²) in [6.07, 6.45) is 2.57. The number of pyridine rings is 1. The van der Waals surface area contributed by atoms with Gasteiger partial charge in [-0.2, -0.15) is 0 Å². The van der Waals surface area contributed by atoms with Crippen molar-refractivity contribution in [1.82, 2.24) is 4.98 Å². The lowest BCUT2D eigenvalue weighted by Crippen LogP contribution is -2.28. The highest BCUT2D eigenvalue weighted by Gasteiger charge is 2.16. The van der Waals surface area contributed by atoms with Crippen LogP contribution in [0.5, 0.6) is 5.75 Å². The first kappa shape index (κ1) is 14.3. The Morgan fingerprint density at radius 2 is 2.28 bits per heavy atom. The van der Waals surface area contributed by atoms with Crippen LogP contribution >= 0.6 is 0 Å². The molecule has 1 unspecified atom stereocenters. The smallest absolute Gasteiger partial charge is 0.328 e. The topological polar surface area (TPSA) is 60.5 Å². The van der Waals surface area contributed by atoms with Crippen LogP contribution < -0.4 is 10.1 Å². The maximum absolute atomic E-state index is 11.5. The number of nitrogens with zero attached hydrogens (tertiary/aromatic N) is 1. The largest absolute Gasteiger partial charge is 0.490 e. The van der Waals surface area contributed by atoms with E-state index in [0.717, 1.165) is 6.42 Å². The van der Waals surface area contributed by atoms with Crippen molar-refractivity contribution in [2.45, 2.75) is 33.2 Å². The van der Waals surface area contributed by atoms with Crippen LogP contribution in [0.4, 0.5) is 5.82 Å². The second-order valence-corrected chi connectivity index (χ2v) is 3.82. The van der Waals surface area contributed by atoms with Crippen LogP contribution in [0.25, 0.3) is 0 Å². The summed E-state index contributed by atoms with van der Waals surface area (Å²) in [5.74, 6) is 0.909. The number of nitrogens with one attached hydrogen (secondary N) is 1. The van der Waals surface area contributed by atoms with Crippen LogP contribution in [0.1, 0.15) is 27.2 Å². The molecule has 0 radical (unpaired) electrons. The van der Waals surface area contributed by atoms with Gasteiger partial charge in [0.2, 0.25) is 0 Å². The van der Waals surface area contributed by atoms with Crippen molar-refractivity contribution < 1.29 is 14.3 Å². The number of anilines is 1. The standard InChI is InChI=1S/C13H20N2O3/c1-4-9-18-11-7-6-8-14-12(11)15-10(3)13(16)17-5-2/h6-8,10H,4-5,9H2,1-3H3,(H,14,15). The molecule has 0 aliphatic heterocycles. The van der Waals surface area contributed by atoms with E-state index in [1.165, 1.54) is 0 Å². The normalized spacial score (nSPS) is 11.7. The highest BCUT2D eigenvalue weighted by Crippen LogP contribution is 2.21. The van der Waals surface area contributed by atoms with E-state index in [1.807, 2.05) is 13.0 Å². The van der Waals surface area contributed by atoms with Crippen molar-refractivity contribution >= 4 is 11.8 Å². The van der Waals surface area contributed by atoms with Gasteiger partial charge < -0.3 is 14.8 Å². The molecule has 0 amide bonds. The van der Waals surface area contributed by atoms with Crippen LogP contribution in [0, 0.1) is 0 Å². The minimum atomic E-state index is -0.455. The Morgan fingerprint density at radius 3 is 2.94 bits per heavy atom. The number of ether oxygens (including phenoxy) is 2. The van der Waals surface area contributed by atoms with Crippen molar-refractivity contribution in [3.63, 3.8) is 0 Å². The molecule has 1 heterocycles. The Balaban J connectivity index is 2.68. The number of carbonyl (C=O) groups is 1. The molecule has 0 aliphatic rings. The summed E-state index contributed by atoms with van der Waals surface area (Å²) in [5, 5.41) is 2.99. The van der Waals surface area contributed by atoms with Crippen molar-refractivity contribution in [2.75, 3.05) is 18.5 Å². The molecule has 0 fully saturated rings. The number of carbonyl (C=O) groups excluding carboxylic acids is 1. The predicted octanol–water partition coefficient (Wildman–Crippen LogP) is 2.23. The quantitative estimate of drug-likeness (QED) is 0.754. The average molecular weight is 252 g/mol. The van der Waals surface area contributed by atoms with Crippen LogP contribution in [-0.2, 0) is 9.53 Å². The Bertz CT molecular complexity index is 382. The van der Waals surface area contributed by atoms with Gasteiger partial charge in [0.15, 0.2) is 11.6 Å². The molecule has 1 N–H and O–H groups in total. The molecule has 5 heteroatoms. The molecular formula is C13H20N2O3. The van der Waals surface area contributed by atoms with Crippen LogP contribution in [0.15, 0.2) is 18.3 Å². The average Bonchev–Trinajstić information content (AvgIpc) is 2.38. The van der Waals surface area contributed by atoms with Crippen molar-refractivity contribution in [1.29, 1.82) is 0 Å². The van der Waals surface area contributed by atoms with Gasteiger partial charge in [-0.15, -0.1) is 0 Å². The molecule has 18 heavy (non-hydrogen) atoms. The molecule has 1 aromatic rings. The fraction of sp³-hybridized carbons (Fsp3) is 0.538. The maximum atomic E-state index is 11.5. The second-order valence-electron chi connectivity index (χ2n) is 3.82. The van der Waals surface area contributed by atoms with E-state index in [1.54, 1.807) is 26.1 Å². The van der Waals surface area contributed by atoms with E-state index in [0.29, 0.717) is 24.8 Å². The number of hydrogen-bond donors (Lipinski definition) is 1. The number of aromatic nitrogens is 1. The van der Waals surface area contributed by atoms with E-state index < -0.39 is 6.04 Å². The lowest BCUT2D eigenvalue weighted by molar-refractivity contribution is -0.143. The zero-order valence-electron chi connectivity index (χ0n) is 11.1. The van der Waals surface area contributed by atoms with Crippen LogP contribution in [0.2, 0.25) is 0 Å². The Kier molecular flexibility index (Phi) is 5.97. The lowest BCUT2D eigenvalue weighted by Gasteiger charge is -2.15. The third-order valence-electron chi connectivity index (χ3n) is 2.23. The molecule has 0 aromatic carbocycles. The number of rotatable bonds is 7. The van der Waals surface area contributed by atoms with Gasteiger partial charge in [0.1, 0.15) is 6.04 Å². The van der Waals surface area contributed by atoms with Gasteiger partial charge in [-0.05, 0) is 32.4 Å². The molecule has 100 valence electrons. The minimum Gasteiger partial charge on any atom is -0.490 e. The van der Waals surface area contributed by atoms with E-state index in [2.05, 4.69) is 10.3 Å². The highest BCUT2D eigenvalue weighted by molar-refractivity contribution is 5.78. The molecule has 0 aliphatic carbocycles. The predicted molar refractivity (Wildman–Crippen MR) is 69.7 cm³/mol. The molecule has 1 aromatic heterocycles. The first-order chi connectivity index (χ1) is 8.69. The zero-order valence-corrected chi connectivity index (χ0v) is 11.1. The maximum Gasteiger partial charge on any atom is 0.328 e. The molecule has 0 bridgehead atoms. The van der Waals surface area contributed by atoms with Gasteiger partial charge in [-0.25, -0.2) is 9.78 Å². The summed E-state index contributed by atoms with van der Waals surface area (Å²) >= 11 is 0. The van der Waals surface area contributed by atoms with Gasteiger partial charge >= 0.3 is 5.97 Å². The van der Waals surface area contributed by atoms with E-state index >= 15 is 0 Å². The van der Waals surface area contributed by atoms with Crippen LogP contribution in [-0.4, -0.2) is 30.2 Å². The fourth-order valence-corrected chi connectivity index (χ4v) is 1.36. The summed E-state index contributed by atoms with van der Waals surface area (Å²) in [5.41, 5.74) is 0. The fourth-order valence-electron chi connectivity index (χ4n) is 1.36. The molecule has 0 saturated heterocycles. The van der Waals surface area contributed by atoms with Gasteiger partial charge in [0.25, 0.3) is 0 Å². The molecule has 1 atom stereocenters. The third-order valence-corrected chi connectivity index (χ3v) is 2.23. The number of hydrogen-bond acceptors (Lipinski definition) is 5. The SMILES string of the molecule is CCCOc1cccnc1NC(C)C(=O)OCC. The summed E-state index contributed by atoms with van der Waals surface area (Å²) in [6, 6.07) is 3.16. The monoisotopic (exact) mass is 252 g/mol. The van der Waals surface area contributed by atoms with Gasteiger partial charge in [-0.3, -0.25) is 0 Å². The summed E-state index contributed by atoms with van der Waals surface area (Å²) in [6.45, 7) is 6.53. The highest BCUT2D eigenvalue weighted by atomic mass is 16.5. The summed E-state index contributed by atoms with van der Waals surface area (Å²) in [7, 11) is 0. The summed E-state index contributed by atoms with van der Waals surface area (Å²) < 4.78 is 10.5. The first-order valence-electron chi connectivity index (χ1n) is 6.20. The van der Waals surface area contributed by atoms with Crippen molar-refractivity contribution in [3.8, 4) is 5.75 Å². The Morgan fingerprint density at radius 1 is 1.50 bits per heavy atom. The van der Waals surface area contributed by atoms with Gasteiger partial charge in [0, 0.05) is 6.20 Å². The Labute approximate surface area is 108 Å². The lowest BCUT2D eigenvalue weighted by atomic mass is 10.3. The molecule has 0 saturated carbocycles. The molecule has 1 rings (SSSR count). The zero-order chi connectivity index (χ0) is 13.4. The second kappa shape index (κ2) is 7.53. The summed E-state index contributed by atoms with van der Waals surface area (Å²) in [4.78, 5) is 15.7. The van der Waals surface area contributed by atoms with Crippen molar-refractivity contribution in [3.05, 3.63) is 18.3 Å². The van der Waals surface area contributed by atoms with Gasteiger partial charge in [-0.1, -0.05) is 6.92 Å². The van der Waals surface area contributed by atoms with Gasteiger partial charge in [0.05, 0.1) is 13.2 Å². The third kappa shape index (κ3) is 4.24. The minimum absolute atomic E-state index is 0.301.